The Hall–Kier alpha value is -2.97. The van der Waals surface area contributed by atoms with Crippen LogP contribution in [0.2, 0.25) is 5.02 Å². The van der Waals surface area contributed by atoms with Crippen molar-refractivity contribution in [2.75, 3.05) is 19.4 Å². The van der Waals surface area contributed by atoms with Gasteiger partial charge in [-0.05, 0) is 41.6 Å². The lowest BCUT2D eigenvalue weighted by molar-refractivity contribution is -0.136. The molecule has 2 heterocycles. The van der Waals surface area contributed by atoms with Crippen LogP contribution in [0.4, 0.5) is 4.79 Å². The number of ether oxygens (including phenoxy) is 1. The van der Waals surface area contributed by atoms with E-state index >= 15 is 0 Å². The smallest absolute Gasteiger partial charge is 0.338 e. The molecule has 160 valence electrons. The Labute approximate surface area is 188 Å². The van der Waals surface area contributed by atoms with Crippen molar-refractivity contribution in [1.82, 2.24) is 15.5 Å². The summed E-state index contributed by atoms with van der Waals surface area (Å²) < 4.78 is 5.20. The minimum absolute atomic E-state index is 0.0363. The lowest BCUT2D eigenvalue weighted by atomic mass is 9.96. The largest absolute Gasteiger partial charge is 0.456 e. The van der Waals surface area contributed by atoms with E-state index in [1.165, 1.54) is 4.90 Å². The van der Waals surface area contributed by atoms with Crippen LogP contribution < -0.4 is 10.6 Å². The molecule has 2 aromatic carbocycles. The topological polar surface area (TPSA) is 87.7 Å². The van der Waals surface area contributed by atoms with Gasteiger partial charge in [-0.1, -0.05) is 35.9 Å². The Morgan fingerprint density at radius 1 is 1.19 bits per heavy atom. The number of hydrogen-bond donors (Lipinski definition) is 2. The van der Waals surface area contributed by atoms with Gasteiger partial charge in [0, 0.05) is 16.5 Å². The summed E-state index contributed by atoms with van der Waals surface area (Å²) in [4.78, 5) is 40.1. The number of nitrogens with zero attached hydrogens (tertiary/aromatic N) is 1. The molecule has 0 saturated heterocycles. The third-order valence-electron chi connectivity index (χ3n) is 5.15. The summed E-state index contributed by atoms with van der Waals surface area (Å²) in [5, 5.41) is 6.23. The van der Waals surface area contributed by atoms with Crippen molar-refractivity contribution >= 4 is 41.3 Å². The third-order valence-corrected chi connectivity index (χ3v) is 6.15. The number of benzene rings is 2. The van der Waals surface area contributed by atoms with Gasteiger partial charge in [-0.3, -0.25) is 9.69 Å². The van der Waals surface area contributed by atoms with Crippen LogP contribution in [0, 0.1) is 0 Å². The molecule has 0 aliphatic carbocycles. The van der Waals surface area contributed by atoms with E-state index in [1.54, 1.807) is 23.9 Å². The number of esters is 1. The van der Waals surface area contributed by atoms with E-state index in [2.05, 4.69) is 10.6 Å². The first-order valence-electron chi connectivity index (χ1n) is 9.59. The molecular formula is C22H20ClN3O4S. The Kier molecular flexibility index (Phi) is 6.20. The van der Waals surface area contributed by atoms with E-state index < -0.39 is 18.0 Å². The summed E-state index contributed by atoms with van der Waals surface area (Å²) in [7, 11) is 0. The van der Waals surface area contributed by atoms with Crippen LogP contribution in [0.5, 0.6) is 0 Å². The summed E-state index contributed by atoms with van der Waals surface area (Å²) in [5.41, 5.74) is 2.45. The molecule has 7 nitrogen and oxygen atoms in total. The van der Waals surface area contributed by atoms with Gasteiger partial charge < -0.3 is 15.4 Å². The predicted octanol–water partition coefficient (Wildman–Crippen LogP) is 3.26. The number of hydrogen-bond acceptors (Lipinski definition) is 5. The molecule has 0 unspecified atom stereocenters. The number of urea groups is 1. The fourth-order valence-corrected chi connectivity index (χ4v) is 4.06. The van der Waals surface area contributed by atoms with Crippen molar-refractivity contribution < 1.29 is 19.1 Å². The molecule has 2 N–H and O–H groups in total. The summed E-state index contributed by atoms with van der Waals surface area (Å²) in [6.45, 7) is 0.0513. The number of carbonyl (C=O) groups excluding carboxylic acids is 3. The maximum Gasteiger partial charge on any atom is 0.338 e. The van der Waals surface area contributed by atoms with Crippen LogP contribution in [0.1, 0.15) is 17.2 Å². The van der Waals surface area contributed by atoms with E-state index in [0.29, 0.717) is 22.8 Å². The molecular weight excluding hydrogens is 438 g/mol. The van der Waals surface area contributed by atoms with Gasteiger partial charge in [-0.15, -0.1) is 11.8 Å². The predicted molar refractivity (Wildman–Crippen MR) is 117 cm³/mol. The zero-order chi connectivity index (χ0) is 22.0. The molecule has 2 aliphatic rings. The highest BCUT2D eigenvalue weighted by Gasteiger charge is 2.42. The van der Waals surface area contributed by atoms with Crippen LogP contribution in [0.25, 0.3) is 0 Å². The van der Waals surface area contributed by atoms with Gasteiger partial charge in [0.2, 0.25) is 5.91 Å². The molecule has 0 spiro atoms. The van der Waals surface area contributed by atoms with Crippen molar-refractivity contribution in [3.8, 4) is 0 Å². The molecule has 4 rings (SSSR count). The van der Waals surface area contributed by atoms with Crippen LogP contribution in [0.3, 0.4) is 0 Å². The number of halogens is 1. The Balaban J connectivity index is 1.50. The van der Waals surface area contributed by atoms with Crippen molar-refractivity contribution in [2.45, 2.75) is 17.5 Å². The number of thioether (sulfide) groups is 1. The molecule has 3 amide bonds. The first-order chi connectivity index (χ1) is 15.0. The highest BCUT2D eigenvalue weighted by Crippen LogP contribution is 2.35. The molecule has 1 atom stereocenters. The van der Waals surface area contributed by atoms with Crippen molar-refractivity contribution in [2.24, 2.45) is 0 Å². The van der Waals surface area contributed by atoms with Crippen molar-refractivity contribution in [3.63, 3.8) is 0 Å². The molecule has 0 radical (unpaired) electrons. The maximum absolute atomic E-state index is 12.8. The van der Waals surface area contributed by atoms with E-state index in [0.717, 1.165) is 16.0 Å². The van der Waals surface area contributed by atoms with E-state index in [4.69, 9.17) is 16.3 Å². The summed E-state index contributed by atoms with van der Waals surface area (Å²) in [5.74, 6) is -0.834. The molecule has 0 fully saturated rings. The first-order valence-corrected chi connectivity index (χ1v) is 11.2. The van der Waals surface area contributed by atoms with Gasteiger partial charge in [0.15, 0.2) is 0 Å². The maximum atomic E-state index is 12.8. The second kappa shape index (κ2) is 9.03. The second-order valence-electron chi connectivity index (χ2n) is 7.08. The van der Waals surface area contributed by atoms with Crippen LogP contribution in [-0.2, 0) is 20.9 Å². The van der Waals surface area contributed by atoms with Gasteiger partial charge >= 0.3 is 12.0 Å². The normalized spacial score (nSPS) is 17.9. The van der Waals surface area contributed by atoms with Crippen molar-refractivity contribution in [3.05, 3.63) is 76.0 Å². The van der Waals surface area contributed by atoms with Crippen molar-refractivity contribution in [1.29, 1.82) is 0 Å². The highest BCUT2D eigenvalue weighted by molar-refractivity contribution is 7.98. The molecule has 0 aromatic heterocycles. The molecule has 2 aromatic rings. The highest BCUT2D eigenvalue weighted by atomic mass is 35.5. The van der Waals surface area contributed by atoms with Gasteiger partial charge in [-0.25, -0.2) is 9.59 Å². The minimum atomic E-state index is -0.609. The fraction of sp³-hybridized carbons (Fsp3) is 0.227. The van der Waals surface area contributed by atoms with Crippen LogP contribution in [-0.4, -0.2) is 42.2 Å². The number of cyclic esters (lactones) is 1. The SMILES string of the molecule is CSc1ccc([C@H]2NC(=O)N(CC(=O)NCc3ccc(Cl)cc3)C3=C2C(=O)OC3)cc1. The van der Waals surface area contributed by atoms with Gasteiger partial charge in [0.25, 0.3) is 0 Å². The van der Waals surface area contributed by atoms with E-state index in [-0.39, 0.29) is 19.1 Å². The monoisotopic (exact) mass is 457 g/mol. The summed E-state index contributed by atoms with van der Waals surface area (Å²) in [6.07, 6.45) is 1.97. The summed E-state index contributed by atoms with van der Waals surface area (Å²) in [6, 6.07) is 13.7. The van der Waals surface area contributed by atoms with E-state index in [9.17, 15) is 14.4 Å². The zero-order valence-corrected chi connectivity index (χ0v) is 18.3. The molecule has 9 heteroatoms. The minimum Gasteiger partial charge on any atom is -0.456 e. The first kappa shape index (κ1) is 21.3. The average Bonchev–Trinajstić information content (AvgIpc) is 3.16. The van der Waals surface area contributed by atoms with Crippen LogP contribution >= 0.6 is 23.4 Å². The van der Waals surface area contributed by atoms with E-state index in [1.807, 2.05) is 42.7 Å². The van der Waals surface area contributed by atoms with Crippen LogP contribution in [0.15, 0.2) is 64.7 Å². The Bertz CT molecular complexity index is 1050. The lowest BCUT2D eigenvalue weighted by Crippen LogP contribution is -2.50. The molecule has 31 heavy (non-hydrogen) atoms. The Morgan fingerprint density at radius 2 is 1.90 bits per heavy atom. The van der Waals surface area contributed by atoms with Gasteiger partial charge in [-0.2, -0.15) is 0 Å². The fourth-order valence-electron chi connectivity index (χ4n) is 3.53. The average molecular weight is 458 g/mol. The summed E-state index contributed by atoms with van der Waals surface area (Å²) >= 11 is 7.48. The Morgan fingerprint density at radius 3 is 2.58 bits per heavy atom. The number of rotatable bonds is 6. The van der Waals surface area contributed by atoms with Gasteiger partial charge in [0.1, 0.15) is 13.2 Å². The molecule has 0 bridgehead atoms. The zero-order valence-electron chi connectivity index (χ0n) is 16.7. The quantitative estimate of drug-likeness (QED) is 0.513. The molecule has 0 saturated carbocycles. The van der Waals surface area contributed by atoms with Gasteiger partial charge in [0.05, 0.1) is 17.3 Å². The number of amides is 3. The number of nitrogens with one attached hydrogen (secondary N) is 2. The number of carbonyl (C=O) groups is 3. The third kappa shape index (κ3) is 4.55. The molecule has 2 aliphatic heterocycles. The second-order valence-corrected chi connectivity index (χ2v) is 8.40. The lowest BCUT2D eigenvalue weighted by Gasteiger charge is -2.32. The standard InChI is InChI=1S/C22H20ClN3O4S/c1-31-16-8-4-14(5-9-16)20-19-17(12-30-21(19)28)26(22(29)25-20)11-18(27)24-10-13-2-6-15(23)7-3-13/h2-9,20H,10-12H2,1H3,(H,24,27)(H,25,29)/t20-/m1/s1.